The number of amides is 1. The number of hydrogen-bond donors (Lipinski definition) is 1. The fraction of sp³-hybridized carbons (Fsp3) is 0.267. The highest BCUT2D eigenvalue weighted by Crippen LogP contribution is 2.39. The first kappa shape index (κ1) is 25.2. The molecule has 1 atom stereocenters. The van der Waals surface area contributed by atoms with Gasteiger partial charge < -0.3 is 19.6 Å². The van der Waals surface area contributed by atoms with E-state index >= 15 is 0 Å². The lowest BCUT2D eigenvalue weighted by atomic mass is 9.93. The summed E-state index contributed by atoms with van der Waals surface area (Å²) in [5.41, 5.74) is 3.97. The van der Waals surface area contributed by atoms with E-state index in [0.29, 0.717) is 36.6 Å². The first-order valence-corrected chi connectivity index (χ1v) is 12.2. The third kappa shape index (κ3) is 5.34. The van der Waals surface area contributed by atoms with Crippen LogP contribution in [0.15, 0.2) is 78.4 Å². The minimum atomic E-state index is -0.719. The topological polar surface area (TPSA) is 74.1 Å². The summed E-state index contributed by atoms with van der Waals surface area (Å²) in [6.07, 6.45) is 0. The van der Waals surface area contributed by atoms with Crippen molar-refractivity contribution in [3.8, 4) is 5.75 Å². The molecule has 36 heavy (non-hydrogen) atoms. The molecule has 6 nitrogen and oxygen atoms in total. The van der Waals surface area contributed by atoms with Crippen LogP contribution in [0.25, 0.3) is 5.76 Å². The Kier molecular flexibility index (Phi) is 7.55. The zero-order valence-electron chi connectivity index (χ0n) is 21.2. The zero-order valence-corrected chi connectivity index (χ0v) is 21.2. The molecule has 1 aliphatic rings. The van der Waals surface area contributed by atoms with Crippen molar-refractivity contribution in [1.29, 1.82) is 0 Å². The number of Topliss-reactive ketones (excluding diaryl/α,β-unsaturated/α-hetero) is 1. The standard InChI is InChI=1S/C30H32N2O4/c1-20-10-12-23(13-11-20)27-26(29(34)30(35)32(27)17-16-31(3)4)28(33)25-15-14-24(18-21(25)2)36-19-22-8-6-5-7-9-22/h5-15,18,27,33H,16-17,19H2,1-4H3. The van der Waals surface area contributed by atoms with Gasteiger partial charge in [-0.2, -0.15) is 0 Å². The molecule has 3 aromatic rings. The summed E-state index contributed by atoms with van der Waals surface area (Å²) in [7, 11) is 3.98. The van der Waals surface area contributed by atoms with Gasteiger partial charge in [-0.15, -0.1) is 0 Å². The molecule has 1 amide bonds. The second kappa shape index (κ2) is 10.8. The number of nitrogens with one attached hydrogen (secondary N) is 1. The number of ketones is 1. The van der Waals surface area contributed by atoms with Crippen LogP contribution in [-0.4, -0.2) is 43.8 Å². The lowest BCUT2D eigenvalue weighted by Gasteiger charge is -2.28. The number of aryl methyl sites for hydroxylation is 2. The van der Waals surface area contributed by atoms with E-state index < -0.39 is 23.5 Å². The highest BCUT2D eigenvalue weighted by atomic mass is 16.5. The largest absolute Gasteiger partial charge is 0.872 e. The van der Waals surface area contributed by atoms with Crippen molar-refractivity contribution in [3.05, 3.63) is 106 Å². The molecule has 1 aliphatic heterocycles. The number of ether oxygens (including phenoxy) is 1. The molecular formula is C30H32N2O4. The van der Waals surface area contributed by atoms with Crippen LogP contribution >= 0.6 is 0 Å². The number of likely N-dealkylation sites (tertiary alicyclic amines) is 1. The van der Waals surface area contributed by atoms with Crippen molar-refractivity contribution >= 4 is 17.4 Å². The van der Waals surface area contributed by atoms with Gasteiger partial charge in [-0.3, -0.25) is 9.59 Å². The van der Waals surface area contributed by atoms with Gasteiger partial charge in [0, 0.05) is 5.57 Å². The molecule has 1 fully saturated rings. The van der Waals surface area contributed by atoms with E-state index in [-0.39, 0.29) is 5.57 Å². The van der Waals surface area contributed by atoms with Crippen molar-refractivity contribution in [1.82, 2.24) is 4.90 Å². The highest BCUT2D eigenvalue weighted by Gasteiger charge is 2.44. The number of carbonyl (C=O) groups is 2. The van der Waals surface area contributed by atoms with Crippen molar-refractivity contribution < 1.29 is 24.3 Å². The number of nitrogens with zero attached hydrogens (tertiary/aromatic N) is 1. The van der Waals surface area contributed by atoms with E-state index in [2.05, 4.69) is 0 Å². The Bertz CT molecular complexity index is 1280. The molecule has 3 aromatic carbocycles. The smallest absolute Gasteiger partial charge is 0.295 e. The Morgan fingerprint density at radius 1 is 0.972 bits per heavy atom. The van der Waals surface area contributed by atoms with Gasteiger partial charge in [0.2, 0.25) is 5.78 Å². The van der Waals surface area contributed by atoms with Gasteiger partial charge in [-0.1, -0.05) is 72.0 Å². The summed E-state index contributed by atoms with van der Waals surface area (Å²) in [6.45, 7) is 5.25. The van der Waals surface area contributed by atoms with E-state index in [4.69, 9.17) is 4.74 Å². The maximum atomic E-state index is 13.8. The van der Waals surface area contributed by atoms with Gasteiger partial charge in [-0.25, -0.2) is 0 Å². The van der Waals surface area contributed by atoms with E-state index in [0.717, 1.165) is 21.6 Å². The van der Waals surface area contributed by atoms with E-state index in [1.165, 1.54) is 0 Å². The van der Waals surface area contributed by atoms with E-state index in [1.54, 1.807) is 23.1 Å². The number of quaternary nitrogens is 1. The minimum Gasteiger partial charge on any atom is -0.872 e. The Hall–Kier alpha value is -3.90. The normalized spacial score (nSPS) is 17.1. The summed E-state index contributed by atoms with van der Waals surface area (Å²) in [5.74, 6) is -1.11. The fourth-order valence-electron chi connectivity index (χ4n) is 4.41. The van der Waals surface area contributed by atoms with Gasteiger partial charge in [-0.05, 0) is 48.2 Å². The molecule has 0 spiro atoms. The first-order valence-electron chi connectivity index (χ1n) is 12.2. The van der Waals surface area contributed by atoms with E-state index in [1.807, 2.05) is 82.5 Å². The summed E-state index contributed by atoms with van der Waals surface area (Å²) in [5, 5.41) is 13.8. The first-order chi connectivity index (χ1) is 17.3. The summed E-state index contributed by atoms with van der Waals surface area (Å²) >= 11 is 0. The molecule has 0 aromatic heterocycles. The molecule has 0 radical (unpaired) electrons. The van der Waals surface area contributed by atoms with Crippen LogP contribution in [0, 0.1) is 13.8 Å². The van der Waals surface area contributed by atoms with Crippen LogP contribution in [0.3, 0.4) is 0 Å². The Labute approximate surface area is 212 Å². The second-order valence-corrected chi connectivity index (χ2v) is 9.59. The van der Waals surface area contributed by atoms with Crippen molar-refractivity contribution in [2.75, 3.05) is 27.2 Å². The van der Waals surface area contributed by atoms with Gasteiger partial charge in [0.15, 0.2) is 0 Å². The molecule has 0 aliphatic carbocycles. The van der Waals surface area contributed by atoms with Gasteiger partial charge in [0.05, 0.1) is 33.2 Å². The predicted octanol–water partition coefficient (Wildman–Crippen LogP) is 2.25. The monoisotopic (exact) mass is 484 g/mol. The molecule has 6 heteroatoms. The maximum Gasteiger partial charge on any atom is 0.295 e. The van der Waals surface area contributed by atoms with Crippen LogP contribution in [0.2, 0.25) is 0 Å². The Balaban J connectivity index is 1.70. The van der Waals surface area contributed by atoms with Gasteiger partial charge in [0.1, 0.15) is 12.4 Å². The average molecular weight is 485 g/mol. The molecule has 0 saturated carbocycles. The van der Waals surface area contributed by atoms with Crippen LogP contribution in [0.1, 0.15) is 33.9 Å². The Morgan fingerprint density at radius 3 is 2.31 bits per heavy atom. The molecule has 186 valence electrons. The van der Waals surface area contributed by atoms with Crippen molar-refractivity contribution in [2.24, 2.45) is 0 Å². The molecular weight excluding hydrogens is 452 g/mol. The summed E-state index contributed by atoms with van der Waals surface area (Å²) in [4.78, 5) is 28.9. The average Bonchev–Trinajstić information content (AvgIpc) is 3.12. The number of likely N-dealkylation sites (N-methyl/N-ethyl adjacent to an activating group) is 1. The maximum absolute atomic E-state index is 13.8. The lowest BCUT2D eigenvalue weighted by Crippen LogP contribution is -3.06. The third-order valence-corrected chi connectivity index (χ3v) is 6.47. The molecule has 4 rings (SSSR count). The Morgan fingerprint density at radius 2 is 1.67 bits per heavy atom. The van der Waals surface area contributed by atoms with Gasteiger partial charge >= 0.3 is 0 Å². The summed E-state index contributed by atoms with van der Waals surface area (Å²) in [6, 6.07) is 22.0. The van der Waals surface area contributed by atoms with Crippen LogP contribution in [-0.2, 0) is 16.2 Å². The highest BCUT2D eigenvalue weighted by molar-refractivity contribution is 6.46. The molecule has 1 unspecified atom stereocenters. The molecule has 1 saturated heterocycles. The minimum absolute atomic E-state index is 0.0127. The second-order valence-electron chi connectivity index (χ2n) is 9.59. The fourth-order valence-corrected chi connectivity index (χ4v) is 4.41. The number of hydrogen-bond acceptors (Lipinski definition) is 4. The van der Waals surface area contributed by atoms with Crippen molar-refractivity contribution in [3.63, 3.8) is 0 Å². The predicted molar refractivity (Wildman–Crippen MR) is 137 cm³/mol. The molecule has 0 bridgehead atoms. The number of benzene rings is 3. The van der Waals surface area contributed by atoms with E-state index in [9.17, 15) is 14.7 Å². The van der Waals surface area contributed by atoms with Crippen molar-refractivity contribution in [2.45, 2.75) is 26.5 Å². The summed E-state index contributed by atoms with van der Waals surface area (Å²) < 4.78 is 5.89. The molecule has 1 heterocycles. The third-order valence-electron chi connectivity index (χ3n) is 6.47. The SMILES string of the molecule is Cc1ccc(C2C(=C([O-])c3ccc(OCc4ccccc4)cc3C)C(=O)C(=O)N2CC[NH+](C)C)cc1. The zero-order chi connectivity index (χ0) is 25.8. The molecule has 1 N–H and O–H groups in total. The number of carbonyl (C=O) groups excluding carboxylic acids is 2. The quantitative estimate of drug-likeness (QED) is 0.302. The van der Waals surface area contributed by atoms with Gasteiger partial charge in [0.25, 0.3) is 5.91 Å². The lowest BCUT2D eigenvalue weighted by molar-refractivity contribution is -0.857. The van der Waals surface area contributed by atoms with Crippen LogP contribution < -0.4 is 14.7 Å². The number of rotatable bonds is 8. The van der Waals surface area contributed by atoms with Crippen LogP contribution in [0.5, 0.6) is 5.75 Å². The van der Waals surface area contributed by atoms with Crippen LogP contribution in [0.4, 0.5) is 0 Å².